The Hall–Kier alpha value is -3.69. The van der Waals surface area contributed by atoms with Gasteiger partial charge in [0.15, 0.2) is 0 Å². The summed E-state index contributed by atoms with van der Waals surface area (Å²) in [6.45, 7) is 0.129. The summed E-state index contributed by atoms with van der Waals surface area (Å²) in [7, 11) is -1.57. The lowest BCUT2D eigenvalue weighted by atomic mass is 9.82. The quantitative estimate of drug-likeness (QED) is 0.312. The zero-order valence-corrected chi connectivity index (χ0v) is 21.5. The lowest BCUT2D eigenvalue weighted by molar-refractivity contribution is -0.122. The fourth-order valence-corrected chi connectivity index (χ4v) is 6.33. The molecule has 4 heterocycles. The van der Waals surface area contributed by atoms with Gasteiger partial charge in [0.25, 0.3) is 21.9 Å². The minimum Gasteiger partial charge on any atom is -0.350 e. The number of para-hydroxylation sites is 1. The summed E-state index contributed by atoms with van der Waals surface area (Å²) in [4.78, 5) is 26.7. The number of aromatic nitrogens is 2. The highest BCUT2D eigenvalue weighted by atomic mass is 32.2. The van der Waals surface area contributed by atoms with Gasteiger partial charge in [0.2, 0.25) is 0 Å². The molecule has 37 heavy (non-hydrogen) atoms. The van der Waals surface area contributed by atoms with E-state index < -0.39 is 21.9 Å². The van der Waals surface area contributed by atoms with E-state index in [0.717, 1.165) is 57.9 Å². The number of fused-ring (bicyclic) bond motifs is 4. The van der Waals surface area contributed by atoms with E-state index in [1.54, 1.807) is 0 Å². The van der Waals surface area contributed by atoms with E-state index in [0.29, 0.717) is 24.0 Å². The number of nitrogens with zero attached hydrogens (tertiary/aromatic N) is 2. The van der Waals surface area contributed by atoms with Crippen molar-refractivity contribution in [1.82, 2.24) is 14.3 Å². The molecule has 2 aliphatic rings. The Balaban J connectivity index is 1.54. The number of benzene rings is 1. The summed E-state index contributed by atoms with van der Waals surface area (Å²) >= 11 is 0. The summed E-state index contributed by atoms with van der Waals surface area (Å²) in [5.41, 5.74) is 6.35. The van der Waals surface area contributed by atoms with Crippen molar-refractivity contribution in [3.63, 3.8) is 0 Å². The number of rotatable bonds is 6. The summed E-state index contributed by atoms with van der Waals surface area (Å²) in [6.07, 6.45) is 7.91. The van der Waals surface area contributed by atoms with Crippen LogP contribution >= 0.6 is 0 Å². The van der Waals surface area contributed by atoms with Gasteiger partial charge in [-0.2, -0.15) is 8.42 Å². The molecule has 0 saturated heterocycles. The van der Waals surface area contributed by atoms with Crippen LogP contribution in [0, 0.1) is 5.92 Å². The monoisotopic (exact) mass is 517 g/mol. The van der Waals surface area contributed by atoms with Crippen molar-refractivity contribution in [3.05, 3.63) is 77.2 Å². The summed E-state index contributed by atoms with van der Waals surface area (Å²) in [6, 6.07) is 13.7. The van der Waals surface area contributed by atoms with Crippen LogP contribution in [0.15, 0.2) is 54.9 Å². The number of amides is 2. The van der Waals surface area contributed by atoms with Crippen molar-refractivity contribution < 1.29 is 22.2 Å². The molecular formula is C28H27N3O5S. The average Bonchev–Trinajstić information content (AvgIpc) is 3.46. The second kappa shape index (κ2) is 8.71. The maximum atomic E-state index is 13.4. The fourth-order valence-electron chi connectivity index (χ4n) is 5.93. The number of imide groups is 1. The summed E-state index contributed by atoms with van der Waals surface area (Å²) in [5, 5.41) is 3.47. The largest absolute Gasteiger partial charge is 0.350 e. The first-order valence-corrected chi connectivity index (χ1v) is 14.1. The molecule has 8 nitrogen and oxygen atoms in total. The highest BCUT2D eigenvalue weighted by Gasteiger charge is 2.38. The third-order valence-electron chi connectivity index (χ3n) is 7.51. The Kier molecular flexibility index (Phi) is 5.58. The van der Waals surface area contributed by atoms with Gasteiger partial charge in [0.1, 0.15) is 0 Å². The van der Waals surface area contributed by atoms with Gasteiger partial charge in [-0.05, 0) is 55.4 Å². The molecule has 1 N–H and O–H groups in total. The van der Waals surface area contributed by atoms with Crippen LogP contribution in [-0.2, 0) is 43.8 Å². The van der Waals surface area contributed by atoms with Crippen LogP contribution in [0.2, 0.25) is 0 Å². The van der Waals surface area contributed by atoms with Crippen LogP contribution in [0.5, 0.6) is 0 Å². The Morgan fingerprint density at radius 3 is 2.57 bits per heavy atom. The lowest BCUT2D eigenvalue weighted by Gasteiger charge is -2.23. The van der Waals surface area contributed by atoms with Crippen LogP contribution in [0.1, 0.15) is 35.2 Å². The topological polar surface area (TPSA) is 98.9 Å². The lowest BCUT2D eigenvalue weighted by Crippen LogP contribution is -2.23. The number of carbonyl (C=O) groups is 2. The molecule has 0 spiro atoms. The van der Waals surface area contributed by atoms with E-state index in [2.05, 4.69) is 9.72 Å². The van der Waals surface area contributed by atoms with Crippen LogP contribution in [0.25, 0.3) is 27.6 Å². The molecule has 1 aliphatic heterocycles. The van der Waals surface area contributed by atoms with Gasteiger partial charge in [0.05, 0.1) is 29.5 Å². The standard InChI is InChI=1S/C28H27N3O5S/c1-30-16-20(18-7-3-4-8-21(18)30)25-26(28(33)29-27(25)32)24-19-15-17(12-14-36-37(2,34)35)10-11-22(19)31-13-6-5-9-23(24)31/h3-9,13,16-17H,10-12,14-15H2,1-2H3,(H,29,32,33). The average molecular weight is 518 g/mol. The predicted molar refractivity (Wildman–Crippen MR) is 141 cm³/mol. The molecule has 9 heteroatoms. The Labute approximate surface area is 214 Å². The molecule has 0 radical (unpaired) electrons. The summed E-state index contributed by atoms with van der Waals surface area (Å²) < 4.78 is 32.0. The highest BCUT2D eigenvalue weighted by molar-refractivity contribution is 7.85. The van der Waals surface area contributed by atoms with Crippen LogP contribution in [0.4, 0.5) is 0 Å². The van der Waals surface area contributed by atoms with Gasteiger partial charge >= 0.3 is 0 Å². The molecule has 6 rings (SSSR count). The molecule has 1 atom stereocenters. The van der Waals surface area contributed by atoms with E-state index in [1.807, 2.05) is 66.5 Å². The third-order valence-corrected chi connectivity index (χ3v) is 8.10. The number of aryl methyl sites for hydroxylation is 2. The molecule has 0 saturated carbocycles. The highest BCUT2D eigenvalue weighted by Crippen LogP contribution is 2.43. The van der Waals surface area contributed by atoms with Gasteiger partial charge < -0.3 is 8.97 Å². The van der Waals surface area contributed by atoms with Crippen LogP contribution < -0.4 is 5.32 Å². The minimum absolute atomic E-state index is 0.129. The van der Waals surface area contributed by atoms with Crippen molar-refractivity contribution in [2.75, 3.05) is 12.9 Å². The van der Waals surface area contributed by atoms with Gasteiger partial charge in [-0.25, -0.2) is 0 Å². The number of pyridine rings is 1. The zero-order chi connectivity index (χ0) is 25.9. The molecular weight excluding hydrogens is 490 g/mol. The fraction of sp³-hybridized carbons (Fsp3) is 0.286. The number of nitrogens with one attached hydrogen (secondary N) is 1. The van der Waals surface area contributed by atoms with Crippen molar-refractivity contribution >= 4 is 49.5 Å². The van der Waals surface area contributed by atoms with Gasteiger partial charge in [0, 0.05) is 47.2 Å². The molecule has 0 bridgehead atoms. The van der Waals surface area contributed by atoms with Crippen molar-refractivity contribution in [2.24, 2.45) is 13.0 Å². The third kappa shape index (κ3) is 3.98. The molecule has 1 aromatic carbocycles. The second-order valence-electron chi connectivity index (χ2n) is 9.88. The maximum absolute atomic E-state index is 13.4. The molecule has 190 valence electrons. The number of hydrogen-bond acceptors (Lipinski definition) is 5. The Bertz CT molecular complexity index is 1740. The van der Waals surface area contributed by atoms with Crippen LogP contribution in [0.3, 0.4) is 0 Å². The molecule has 1 aliphatic carbocycles. The van der Waals surface area contributed by atoms with E-state index in [9.17, 15) is 18.0 Å². The van der Waals surface area contributed by atoms with E-state index >= 15 is 0 Å². The van der Waals surface area contributed by atoms with E-state index in [4.69, 9.17) is 4.18 Å². The molecule has 3 aromatic heterocycles. The van der Waals surface area contributed by atoms with Gasteiger partial charge in [-0.1, -0.05) is 24.3 Å². The van der Waals surface area contributed by atoms with Crippen LogP contribution in [-0.4, -0.2) is 42.1 Å². The summed E-state index contributed by atoms with van der Waals surface area (Å²) in [5.74, 6) is -0.587. The van der Waals surface area contributed by atoms with Gasteiger partial charge in [-0.15, -0.1) is 0 Å². The first-order chi connectivity index (χ1) is 17.7. The molecule has 1 unspecified atom stereocenters. The SMILES string of the molecule is Cn1cc(C2=C(c3c4c(n5ccccc35)CCC(CCOS(C)(=O)=O)C4)C(=O)NC2=O)c2ccccc21. The Morgan fingerprint density at radius 2 is 1.76 bits per heavy atom. The minimum atomic E-state index is -3.50. The van der Waals surface area contributed by atoms with Crippen molar-refractivity contribution in [3.8, 4) is 0 Å². The first-order valence-electron chi connectivity index (χ1n) is 12.3. The first kappa shape index (κ1) is 23.7. The maximum Gasteiger partial charge on any atom is 0.264 e. The smallest absolute Gasteiger partial charge is 0.264 e. The number of carbonyl (C=O) groups excluding carboxylic acids is 2. The Morgan fingerprint density at radius 1 is 1.03 bits per heavy atom. The molecule has 0 fully saturated rings. The van der Waals surface area contributed by atoms with E-state index in [-0.39, 0.29) is 12.5 Å². The normalized spacial score (nSPS) is 18.2. The molecule has 4 aromatic rings. The van der Waals surface area contributed by atoms with E-state index in [1.165, 1.54) is 0 Å². The van der Waals surface area contributed by atoms with Gasteiger partial charge in [-0.3, -0.25) is 19.1 Å². The van der Waals surface area contributed by atoms with Crippen molar-refractivity contribution in [2.45, 2.75) is 25.7 Å². The second-order valence-corrected chi connectivity index (χ2v) is 11.5. The zero-order valence-electron chi connectivity index (χ0n) is 20.7. The van der Waals surface area contributed by atoms with Crippen molar-refractivity contribution in [1.29, 1.82) is 0 Å². The molecule has 2 amide bonds. The predicted octanol–water partition coefficient (Wildman–Crippen LogP) is 3.47. The number of hydrogen-bond donors (Lipinski definition) is 1.